The standard InChI is InChI=1S/C41H62O14/c1-20-26(12-14-49-20)41(45)13-11-27-25(39(41)44)10-9-24-15-29(28(42)19-40(24,27)5)53-33-17-31(47-7)37(22(3)51-33)55-35-18-32(48-8)38(23(4)52-35)54-34-16-30(46-6)36(43)21(2)50-34/h9,12,14,21-23,25,27-38,42-43,45H,10-11,13,15-19H2,1-8H3/t21-,22-,23+,25?,27?,28-,29-,30+,31+,32+,33+,34+,35+,36-,37-,38-,40+,41?/m1/s1. The second-order valence-electron chi connectivity index (χ2n) is 16.9. The Morgan fingerprint density at radius 1 is 0.800 bits per heavy atom. The van der Waals surface area contributed by atoms with Crippen molar-refractivity contribution in [2.45, 2.75) is 178 Å². The molecule has 310 valence electrons. The van der Waals surface area contributed by atoms with E-state index >= 15 is 0 Å². The van der Waals surface area contributed by atoms with Crippen LogP contribution in [0.2, 0.25) is 0 Å². The number of carbonyl (C=O) groups is 1. The molecule has 3 saturated heterocycles. The third kappa shape index (κ3) is 7.76. The van der Waals surface area contributed by atoms with Crippen LogP contribution in [0.5, 0.6) is 0 Å². The minimum atomic E-state index is -1.55. The Morgan fingerprint density at radius 3 is 1.93 bits per heavy atom. The first-order valence-corrected chi connectivity index (χ1v) is 20.1. The normalized spacial score (nSPS) is 47.8. The van der Waals surface area contributed by atoms with E-state index in [1.165, 1.54) is 11.8 Å². The minimum Gasteiger partial charge on any atom is -0.469 e. The van der Waals surface area contributed by atoms with Crippen LogP contribution in [0.15, 0.2) is 28.4 Å². The topological polar surface area (TPSA) is 174 Å². The summed E-state index contributed by atoms with van der Waals surface area (Å²) in [6.45, 7) is 9.56. The van der Waals surface area contributed by atoms with Crippen LogP contribution < -0.4 is 0 Å². The summed E-state index contributed by atoms with van der Waals surface area (Å²) in [5.41, 5.74) is -0.202. The number of rotatable bonds is 10. The zero-order valence-corrected chi connectivity index (χ0v) is 33.5. The van der Waals surface area contributed by atoms with E-state index in [-0.39, 0.29) is 29.8 Å². The summed E-state index contributed by atoms with van der Waals surface area (Å²) in [6.07, 6.45) is 0.230. The number of fused-ring (bicyclic) bond motifs is 3. The van der Waals surface area contributed by atoms with Crippen molar-refractivity contribution in [1.82, 2.24) is 0 Å². The molecule has 0 bridgehead atoms. The molecule has 7 rings (SSSR count). The fraction of sp³-hybridized carbons (Fsp3) is 0.829. The Labute approximate surface area is 324 Å². The Bertz CT molecular complexity index is 1510. The molecule has 0 aromatic carbocycles. The van der Waals surface area contributed by atoms with Gasteiger partial charge in [0.1, 0.15) is 24.1 Å². The summed E-state index contributed by atoms with van der Waals surface area (Å²) in [7, 11) is 4.84. The highest BCUT2D eigenvalue weighted by Gasteiger charge is 2.58. The number of hydrogen-bond acceptors (Lipinski definition) is 14. The molecular formula is C41H62O14. The lowest BCUT2D eigenvalue weighted by Crippen LogP contribution is -2.58. The van der Waals surface area contributed by atoms with Gasteiger partial charge in [-0.05, 0) is 77.2 Å². The number of aryl methyl sites for hydroxylation is 1. The number of methoxy groups -OCH3 is 3. The average molecular weight is 779 g/mol. The maximum absolute atomic E-state index is 13.9. The zero-order chi connectivity index (χ0) is 39.4. The fourth-order valence-electron chi connectivity index (χ4n) is 10.6. The van der Waals surface area contributed by atoms with Gasteiger partial charge < -0.3 is 62.4 Å². The van der Waals surface area contributed by atoms with Crippen molar-refractivity contribution in [3.05, 3.63) is 35.3 Å². The first-order chi connectivity index (χ1) is 26.2. The van der Waals surface area contributed by atoms with Crippen LogP contribution in [-0.4, -0.2) is 128 Å². The van der Waals surface area contributed by atoms with Crippen molar-refractivity contribution in [2.75, 3.05) is 21.3 Å². The van der Waals surface area contributed by atoms with Crippen LogP contribution in [0.3, 0.4) is 0 Å². The molecule has 4 heterocycles. The quantitative estimate of drug-likeness (QED) is 0.293. The number of aliphatic hydroxyl groups is 3. The summed E-state index contributed by atoms with van der Waals surface area (Å²) in [4.78, 5) is 13.9. The average Bonchev–Trinajstić information content (AvgIpc) is 3.59. The van der Waals surface area contributed by atoms with Crippen LogP contribution in [0.1, 0.15) is 90.4 Å². The van der Waals surface area contributed by atoms with Crippen LogP contribution in [0.4, 0.5) is 0 Å². The summed E-state index contributed by atoms with van der Waals surface area (Å²) >= 11 is 0. The molecule has 3 aliphatic heterocycles. The Kier molecular flexibility index (Phi) is 12.4. The Hall–Kier alpha value is -1.79. The first-order valence-electron chi connectivity index (χ1n) is 20.1. The number of furan rings is 1. The third-order valence-electron chi connectivity index (χ3n) is 13.8. The molecule has 0 spiro atoms. The van der Waals surface area contributed by atoms with E-state index in [4.69, 9.17) is 47.0 Å². The maximum Gasteiger partial charge on any atom is 0.172 e. The van der Waals surface area contributed by atoms with Crippen LogP contribution in [-0.2, 0) is 53.0 Å². The van der Waals surface area contributed by atoms with E-state index in [9.17, 15) is 20.1 Å². The monoisotopic (exact) mass is 778 g/mol. The highest BCUT2D eigenvalue weighted by molar-refractivity contribution is 5.92. The van der Waals surface area contributed by atoms with Gasteiger partial charge in [-0.2, -0.15) is 0 Å². The molecule has 3 unspecified atom stereocenters. The molecule has 18 atom stereocenters. The molecule has 55 heavy (non-hydrogen) atoms. The van der Waals surface area contributed by atoms with E-state index in [0.29, 0.717) is 62.7 Å². The van der Waals surface area contributed by atoms with Gasteiger partial charge in [0.05, 0.1) is 55.1 Å². The molecule has 14 nitrogen and oxygen atoms in total. The molecule has 2 saturated carbocycles. The molecule has 1 aromatic heterocycles. The van der Waals surface area contributed by atoms with Gasteiger partial charge in [-0.15, -0.1) is 0 Å². The smallest absolute Gasteiger partial charge is 0.172 e. The van der Waals surface area contributed by atoms with Crippen molar-refractivity contribution in [3.8, 4) is 0 Å². The Balaban J connectivity index is 0.949. The molecule has 6 aliphatic rings. The van der Waals surface area contributed by atoms with Crippen molar-refractivity contribution in [3.63, 3.8) is 0 Å². The van der Waals surface area contributed by atoms with E-state index in [2.05, 4.69) is 13.0 Å². The lowest BCUT2D eigenvalue weighted by atomic mass is 9.51. The van der Waals surface area contributed by atoms with E-state index < -0.39 is 84.8 Å². The van der Waals surface area contributed by atoms with Gasteiger partial charge >= 0.3 is 0 Å². The van der Waals surface area contributed by atoms with Crippen LogP contribution in [0.25, 0.3) is 0 Å². The van der Waals surface area contributed by atoms with Gasteiger partial charge in [0.25, 0.3) is 0 Å². The number of ketones is 1. The maximum atomic E-state index is 13.9. The number of Topliss-reactive ketones (excluding diaryl/α,β-unsaturated/α-hetero) is 1. The first kappa shape index (κ1) is 41.4. The van der Waals surface area contributed by atoms with E-state index in [1.54, 1.807) is 41.2 Å². The summed E-state index contributed by atoms with van der Waals surface area (Å²) < 4.78 is 60.8. The zero-order valence-electron chi connectivity index (χ0n) is 33.5. The lowest BCUT2D eigenvalue weighted by molar-refractivity contribution is -0.339. The Morgan fingerprint density at radius 2 is 1.36 bits per heavy atom. The molecule has 14 heteroatoms. The number of hydrogen-bond donors (Lipinski definition) is 3. The highest BCUT2D eigenvalue weighted by Crippen LogP contribution is 2.58. The van der Waals surface area contributed by atoms with Crippen molar-refractivity contribution < 1.29 is 67.2 Å². The molecule has 0 amide bonds. The molecule has 3 N–H and O–H groups in total. The van der Waals surface area contributed by atoms with Gasteiger partial charge in [0, 0.05) is 52.1 Å². The minimum absolute atomic E-state index is 0.00964. The predicted molar refractivity (Wildman–Crippen MR) is 194 cm³/mol. The largest absolute Gasteiger partial charge is 0.469 e. The second kappa shape index (κ2) is 16.5. The predicted octanol–water partition coefficient (Wildman–Crippen LogP) is 3.83. The summed E-state index contributed by atoms with van der Waals surface area (Å²) in [6, 6.07) is 1.70. The molecular weight excluding hydrogens is 716 g/mol. The van der Waals surface area contributed by atoms with Gasteiger partial charge in [-0.25, -0.2) is 0 Å². The lowest BCUT2D eigenvalue weighted by Gasteiger charge is -2.55. The van der Waals surface area contributed by atoms with Gasteiger partial charge in [0.2, 0.25) is 0 Å². The van der Waals surface area contributed by atoms with E-state index in [0.717, 1.165) is 0 Å². The fourth-order valence-corrected chi connectivity index (χ4v) is 10.6. The number of carbonyl (C=O) groups excluding carboxylic acids is 1. The molecule has 1 aromatic rings. The summed E-state index contributed by atoms with van der Waals surface area (Å²) in [5, 5.41) is 33.6. The van der Waals surface area contributed by atoms with Crippen LogP contribution in [0, 0.1) is 24.2 Å². The van der Waals surface area contributed by atoms with Gasteiger partial charge in [-0.3, -0.25) is 4.79 Å². The highest BCUT2D eigenvalue weighted by atomic mass is 16.7. The van der Waals surface area contributed by atoms with E-state index in [1.807, 2.05) is 13.8 Å². The SMILES string of the molecule is CO[C@H]1C[C@H](O[C@@H]2[C@H](C)O[C@@H](O[C@H]3[C@@H](OC)C[C@H](O[C@@H]4CC5=CCC6C(=O)C(O)(c7ccoc7C)CCC6[C@@]5(C)C[C@H]4O)O[C@@H]3C)C[C@@H]2OC)O[C@H](C)[C@H]1O. The van der Waals surface area contributed by atoms with Crippen LogP contribution >= 0.6 is 0 Å². The second-order valence-corrected chi connectivity index (χ2v) is 16.9. The molecule has 0 radical (unpaired) electrons. The summed E-state index contributed by atoms with van der Waals surface area (Å²) in [5.74, 6) is 0.0782. The van der Waals surface area contributed by atoms with Crippen molar-refractivity contribution >= 4 is 5.78 Å². The van der Waals surface area contributed by atoms with Crippen molar-refractivity contribution in [1.29, 1.82) is 0 Å². The number of ether oxygens (including phenoxy) is 9. The van der Waals surface area contributed by atoms with Gasteiger partial charge in [-0.1, -0.05) is 18.6 Å². The molecule has 5 fully saturated rings. The third-order valence-corrected chi connectivity index (χ3v) is 13.8. The molecule has 3 aliphatic carbocycles. The van der Waals surface area contributed by atoms with Gasteiger partial charge in [0.15, 0.2) is 30.3 Å². The number of aliphatic hydroxyl groups excluding tert-OH is 2. The van der Waals surface area contributed by atoms with Crippen molar-refractivity contribution in [2.24, 2.45) is 17.3 Å². The number of allylic oxidation sites excluding steroid dienone is 1.